The topological polar surface area (TPSA) is 26.0 Å². The number of halogens is 2. The molecule has 0 aliphatic heterocycles. The molecule has 18 heavy (non-hydrogen) atoms. The minimum Gasteiger partial charge on any atom is -0.330 e. The van der Waals surface area contributed by atoms with E-state index in [0.29, 0.717) is 18.5 Å². The second-order valence-electron chi connectivity index (χ2n) is 4.26. The van der Waals surface area contributed by atoms with Crippen molar-refractivity contribution in [3.8, 4) is 0 Å². The normalized spacial score (nSPS) is 12.4. The lowest BCUT2D eigenvalue weighted by molar-refractivity contribution is 0.591. The van der Waals surface area contributed by atoms with Crippen molar-refractivity contribution in [3.63, 3.8) is 0 Å². The maximum Gasteiger partial charge on any atom is 0.144 e. The summed E-state index contributed by atoms with van der Waals surface area (Å²) in [5, 5.41) is 0.163. The first-order valence-electron chi connectivity index (χ1n) is 5.90. The van der Waals surface area contributed by atoms with Gasteiger partial charge in [0.15, 0.2) is 0 Å². The van der Waals surface area contributed by atoms with E-state index in [1.165, 1.54) is 0 Å². The van der Waals surface area contributed by atoms with E-state index in [1.807, 2.05) is 30.3 Å². The SMILES string of the molecule is NCC(Cc1cccc(Cl)c1F)c1ccccc1. The molecule has 0 saturated carbocycles. The van der Waals surface area contributed by atoms with Gasteiger partial charge in [-0.15, -0.1) is 0 Å². The lowest BCUT2D eigenvalue weighted by Crippen LogP contribution is -2.15. The van der Waals surface area contributed by atoms with E-state index in [2.05, 4.69) is 0 Å². The number of benzene rings is 2. The number of hydrogen-bond donors (Lipinski definition) is 1. The Balaban J connectivity index is 2.24. The van der Waals surface area contributed by atoms with Crippen LogP contribution < -0.4 is 5.73 Å². The first kappa shape index (κ1) is 13.1. The third kappa shape index (κ3) is 2.89. The van der Waals surface area contributed by atoms with Crippen LogP contribution in [-0.4, -0.2) is 6.54 Å². The van der Waals surface area contributed by atoms with Crippen molar-refractivity contribution in [2.45, 2.75) is 12.3 Å². The van der Waals surface area contributed by atoms with Gasteiger partial charge in [-0.05, 0) is 30.2 Å². The van der Waals surface area contributed by atoms with Crippen LogP contribution in [0.4, 0.5) is 4.39 Å². The smallest absolute Gasteiger partial charge is 0.144 e. The molecule has 0 aromatic heterocycles. The van der Waals surface area contributed by atoms with E-state index in [-0.39, 0.29) is 16.8 Å². The van der Waals surface area contributed by atoms with Crippen molar-refractivity contribution in [2.75, 3.05) is 6.54 Å². The summed E-state index contributed by atoms with van der Waals surface area (Å²) in [7, 11) is 0. The molecule has 0 spiro atoms. The van der Waals surface area contributed by atoms with Crippen molar-refractivity contribution in [3.05, 3.63) is 70.5 Å². The number of rotatable bonds is 4. The first-order valence-corrected chi connectivity index (χ1v) is 6.28. The highest BCUT2D eigenvalue weighted by Gasteiger charge is 2.14. The Morgan fingerprint density at radius 2 is 1.78 bits per heavy atom. The Labute approximate surface area is 111 Å². The first-order chi connectivity index (χ1) is 8.72. The van der Waals surface area contributed by atoms with Gasteiger partial charge in [0.2, 0.25) is 0 Å². The molecule has 3 heteroatoms. The monoisotopic (exact) mass is 263 g/mol. The molecular weight excluding hydrogens is 249 g/mol. The Morgan fingerprint density at radius 1 is 1.06 bits per heavy atom. The van der Waals surface area contributed by atoms with E-state index in [1.54, 1.807) is 18.2 Å². The third-order valence-electron chi connectivity index (χ3n) is 3.05. The lowest BCUT2D eigenvalue weighted by atomic mass is 9.92. The van der Waals surface area contributed by atoms with Crippen molar-refractivity contribution in [1.82, 2.24) is 0 Å². The molecule has 2 aromatic carbocycles. The summed E-state index contributed by atoms with van der Waals surface area (Å²) in [6.45, 7) is 0.482. The van der Waals surface area contributed by atoms with Crippen molar-refractivity contribution >= 4 is 11.6 Å². The Morgan fingerprint density at radius 3 is 2.44 bits per heavy atom. The molecule has 1 nitrogen and oxygen atoms in total. The fourth-order valence-corrected chi connectivity index (χ4v) is 2.23. The molecule has 2 N–H and O–H groups in total. The molecule has 1 unspecified atom stereocenters. The zero-order valence-electron chi connectivity index (χ0n) is 9.94. The second kappa shape index (κ2) is 5.98. The Kier molecular flexibility index (Phi) is 4.34. The highest BCUT2D eigenvalue weighted by Crippen LogP contribution is 2.24. The Bertz CT molecular complexity index is 513. The predicted octanol–water partition coefficient (Wildman–Crippen LogP) is 3.76. The second-order valence-corrected chi connectivity index (χ2v) is 4.67. The van der Waals surface area contributed by atoms with Gasteiger partial charge in [0.1, 0.15) is 5.82 Å². The summed E-state index contributed by atoms with van der Waals surface area (Å²) in [5.41, 5.74) is 7.52. The minimum atomic E-state index is -0.339. The van der Waals surface area contributed by atoms with Gasteiger partial charge in [0.05, 0.1) is 5.02 Å². The molecule has 94 valence electrons. The van der Waals surface area contributed by atoms with E-state index in [4.69, 9.17) is 17.3 Å². The van der Waals surface area contributed by atoms with Crippen LogP contribution >= 0.6 is 11.6 Å². The van der Waals surface area contributed by atoms with Crippen LogP contribution in [-0.2, 0) is 6.42 Å². The summed E-state index contributed by atoms with van der Waals surface area (Å²) in [6, 6.07) is 15.0. The lowest BCUT2D eigenvalue weighted by Gasteiger charge is -2.16. The molecule has 0 radical (unpaired) electrons. The van der Waals surface area contributed by atoms with Crippen molar-refractivity contribution in [1.29, 1.82) is 0 Å². The average molecular weight is 264 g/mol. The van der Waals surface area contributed by atoms with E-state index in [9.17, 15) is 4.39 Å². The molecule has 1 atom stereocenters. The summed E-state index contributed by atoms with van der Waals surface area (Å²) in [6.07, 6.45) is 0.562. The molecule has 0 aliphatic rings. The summed E-state index contributed by atoms with van der Waals surface area (Å²) >= 11 is 5.78. The minimum absolute atomic E-state index is 0.110. The average Bonchev–Trinajstić information content (AvgIpc) is 2.41. The molecule has 2 rings (SSSR count). The highest BCUT2D eigenvalue weighted by atomic mass is 35.5. The molecule has 0 amide bonds. The molecule has 0 bridgehead atoms. The number of nitrogens with two attached hydrogens (primary N) is 1. The molecular formula is C15H15ClFN. The van der Waals surface area contributed by atoms with Crippen LogP contribution in [0.1, 0.15) is 17.0 Å². The van der Waals surface area contributed by atoms with Gasteiger partial charge in [-0.25, -0.2) is 4.39 Å². The van der Waals surface area contributed by atoms with E-state index < -0.39 is 0 Å². The fourth-order valence-electron chi connectivity index (χ4n) is 2.03. The van der Waals surface area contributed by atoms with Crippen molar-refractivity contribution in [2.24, 2.45) is 5.73 Å². The standard InChI is InChI=1S/C15H15ClFN/c16-14-8-4-7-12(15(14)17)9-13(10-18)11-5-2-1-3-6-11/h1-8,13H,9-10,18H2. The van der Waals surface area contributed by atoms with Gasteiger partial charge < -0.3 is 5.73 Å². The van der Waals surface area contributed by atoms with Gasteiger partial charge in [-0.1, -0.05) is 54.1 Å². The predicted molar refractivity (Wildman–Crippen MR) is 73.4 cm³/mol. The van der Waals surface area contributed by atoms with Crippen molar-refractivity contribution < 1.29 is 4.39 Å². The molecule has 0 fully saturated rings. The summed E-state index contributed by atoms with van der Waals surface area (Å²) < 4.78 is 13.8. The van der Waals surface area contributed by atoms with Gasteiger partial charge >= 0.3 is 0 Å². The van der Waals surface area contributed by atoms with Crippen LogP contribution in [0.25, 0.3) is 0 Å². The largest absolute Gasteiger partial charge is 0.330 e. The summed E-state index contributed by atoms with van der Waals surface area (Å²) in [4.78, 5) is 0. The quantitative estimate of drug-likeness (QED) is 0.893. The molecule has 0 aliphatic carbocycles. The summed E-state index contributed by atoms with van der Waals surface area (Å²) in [5.74, 6) is -0.229. The van der Waals surface area contributed by atoms with Crippen LogP contribution in [0.2, 0.25) is 5.02 Å². The van der Waals surface area contributed by atoms with Crippen LogP contribution in [0.15, 0.2) is 48.5 Å². The van der Waals surface area contributed by atoms with Crippen LogP contribution in [0.3, 0.4) is 0 Å². The zero-order valence-corrected chi connectivity index (χ0v) is 10.7. The fraction of sp³-hybridized carbons (Fsp3) is 0.200. The number of hydrogen-bond acceptors (Lipinski definition) is 1. The van der Waals surface area contributed by atoms with Gasteiger partial charge in [-0.3, -0.25) is 0 Å². The maximum absolute atomic E-state index is 13.8. The maximum atomic E-state index is 13.8. The molecule has 2 aromatic rings. The molecule has 0 saturated heterocycles. The van der Waals surface area contributed by atoms with Crippen LogP contribution in [0.5, 0.6) is 0 Å². The van der Waals surface area contributed by atoms with Gasteiger partial charge in [-0.2, -0.15) is 0 Å². The third-order valence-corrected chi connectivity index (χ3v) is 3.35. The molecule has 0 heterocycles. The van der Waals surface area contributed by atoms with Crippen LogP contribution in [0, 0.1) is 5.82 Å². The highest BCUT2D eigenvalue weighted by molar-refractivity contribution is 6.30. The van der Waals surface area contributed by atoms with E-state index >= 15 is 0 Å². The van der Waals surface area contributed by atoms with Gasteiger partial charge in [0, 0.05) is 5.92 Å². The van der Waals surface area contributed by atoms with Gasteiger partial charge in [0.25, 0.3) is 0 Å². The Hall–Kier alpha value is -1.38. The van der Waals surface area contributed by atoms with E-state index in [0.717, 1.165) is 5.56 Å². The zero-order chi connectivity index (χ0) is 13.0.